The number of rotatable bonds is 4. The lowest BCUT2D eigenvalue weighted by Gasteiger charge is -2.33. The number of likely N-dealkylation sites (N-methyl/N-ethyl adjacent to an activating group) is 1. The fourth-order valence-corrected chi connectivity index (χ4v) is 3.98. The van der Waals surface area contributed by atoms with Gasteiger partial charge in [0, 0.05) is 31.5 Å². The number of halogens is 1. The molecule has 106 valence electrons. The lowest BCUT2D eigenvalue weighted by molar-refractivity contribution is 0.196. The summed E-state index contributed by atoms with van der Waals surface area (Å²) in [5, 5.41) is 0.739. The number of piperazine rings is 1. The lowest BCUT2D eigenvalue weighted by Crippen LogP contribution is -2.48. The molecule has 0 unspecified atom stereocenters. The van der Waals surface area contributed by atoms with E-state index >= 15 is 0 Å². The zero-order valence-electron chi connectivity index (χ0n) is 11.0. The number of alkyl halides is 1. The van der Waals surface area contributed by atoms with Crippen LogP contribution in [-0.2, 0) is 15.4 Å². The van der Waals surface area contributed by atoms with E-state index in [0.717, 1.165) is 30.5 Å². The van der Waals surface area contributed by atoms with Crippen LogP contribution in [0.25, 0.3) is 0 Å². The quantitative estimate of drug-likeness (QED) is 0.782. The van der Waals surface area contributed by atoms with E-state index in [0.29, 0.717) is 18.0 Å². The third-order valence-electron chi connectivity index (χ3n) is 3.49. The molecule has 0 saturated carbocycles. The summed E-state index contributed by atoms with van der Waals surface area (Å²) in [4.78, 5) is 2.65. The van der Waals surface area contributed by atoms with Gasteiger partial charge in [-0.2, -0.15) is 4.31 Å². The van der Waals surface area contributed by atoms with E-state index in [9.17, 15) is 8.42 Å². The topological polar surface area (TPSA) is 40.6 Å². The van der Waals surface area contributed by atoms with Crippen LogP contribution in [0.1, 0.15) is 12.5 Å². The number of hydrogen-bond donors (Lipinski definition) is 0. The molecule has 0 N–H and O–H groups in total. The zero-order valence-corrected chi connectivity index (χ0v) is 13.5. The Morgan fingerprint density at radius 2 is 1.68 bits per heavy atom. The van der Waals surface area contributed by atoms with Crippen LogP contribution in [0, 0.1) is 0 Å². The van der Waals surface area contributed by atoms with Gasteiger partial charge in [-0.05, 0) is 24.2 Å². The molecule has 0 spiro atoms. The van der Waals surface area contributed by atoms with Gasteiger partial charge in [-0.15, -0.1) is 0 Å². The van der Waals surface area contributed by atoms with Gasteiger partial charge in [0.25, 0.3) is 0 Å². The van der Waals surface area contributed by atoms with Crippen LogP contribution in [0.5, 0.6) is 0 Å². The van der Waals surface area contributed by atoms with Crippen LogP contribution in [0.15, 0.2) is 29.2 Å². The molecule has 1 aliphatic rings. The van der Waals surface area contributed by atoms with Crippen molar-refractivity contribution in [2.45, 2.75) is 17.1 Å². The first kappa shape index (κ1) is 15.0. The van der Waals surface area contributed by atoms with Crippen molar-refractivity contribution in [3.63, 3.8) is 0 Å². The van der Waals surface area contributed by atoms with E-state index in [-0.39, 0.29) is 0 Å². The second-order valence-corrected chi connectivity index (χ2v) is 7.11. The smallest absolute Gasteiger partial charge is 0.243 e. The standard InChI is InChI=1S/C13H19BrN2O2S/c1-2-15-7-9-16(10-8-15)19(17,18)13-5-3-12(11-14)4-6-13/h3-6H,2,7-11H2,1H3. The molecule has 19 heavy (non-hydrogen) atoms. The Labute approximate surface area is 123 Å². The van der Waals surface area contributed by atoms with E-state index in [1.807, 2.05) is 12.1 Å². The van der Waals surface area contributed by atoms with Crippen molar-refractivity contribution in [2.24, 2.45) is 0 Å². The average molecular weight is 347 g/mol. The predicted molar refractivity (Wildman–Crippen MR) is 79.9 cm³/mol. The van der Waals surface area contributed by atoms with Gasteiger partial charge in [0.05, 0.1) is 4.90 Å². The fraction of sp³-hybridized carbons (Fsp3) is 0.538. The van der Waals surface area contributed by atoms with E-state index in [4.69, 9.17) is 0 Å². The van der Waals surface area contributed by atoms with Crippen LogP contribution >= 0.6 is 15.9 Å². The summed E-state index contributed by atoms with van der Waals surface area (Å²) in [6, 6.07) is 7.09. The van der Waals surface area contributed by atoms with Gasteiger partial charge in [-0.3, -0.25) is 0 Å². The van der Waals surface area contributed by atoms with Gasteiger partial charge in [-0.1, -0.05) is 35.0 Å². The molecule has 0 amide bonds. The van der Waals surface area contributed by atoms with Crippen molar-refractivity contribution in [1.29, 1.82) is 0 Å². The van der Waals surface area contributed by atoms with Crippen LogP contribution in [-0.4, -0.2) is 50.3 Å². The molecule has 0 atom stereocenters. The normalized spacial score (nSPS) is 18.6. The molecule has 0 radical (unpaired) electrons. The Morgan fingerprint density at radius 1 is 1.11 bits per heavy atom. The molecular weight excluding hydrogens is 328 g/mol. The van der Waals surface area contributed by atoms with Gasteiger partial charge in [0.1, 0.15) is 0 Å². The molecule has 6 heteroatoms. The molecule has 0 bridgehead atoms. The summed E-state index contributed by atoms with van der Waals surface area (Å²) in [7, 11) is -3.33. The summed E-state index contributed by atoms with van der Waals surface area (Å²) >= 11 is 3.36. The molecule has 1 saturated heterocycles. The van der Waals surface area contributed by atoms with Crippen LogP contribution in [0.2, 0.25) is 0 Å². The number of nitrogens with zero attached hydrogens (tertiary/aromatic N) is 2. The van der Waals surface area contributed by atoms with Crippen molar-refractivity contribution in [1.82, 2.24) is 9.21 Å². The highest BCUT2D eigenvalue weighted by Gasteiger charge is 2.27. The number of sulfonamides is 1. The maximum absolute atomic E-state index is 12.5. The molecule has 1 aliphatic heterocycles. The Bertz CT molecular complexity index is 508. The van der Waals surface area contributed by atoms with Crippen LogP contribution < -0.4 is 0 Å². The molecular formula is C13H19BrN2O2S. The van der Waals surface area contributed by atoms with Crippen molar-refractivity contribution in [2.75, 3.05) is 32.7 Å². The Morgan fingerprint density at radius 3 is 2.16 bits per heavy atom. The molecule has 2 rings (SSSR count). The van der Waals surface area contributed by atoms with Crippen molar-refractivity contribution >= 4 is 26.0 Å². The molecule has 1 heterocycles. The maximum atomic E-state index is 12.5. The number of hydrogen-bond acceptors (Lipinski definition) is 3. The monoisotopic (exact) mass is 346 g/mol. The van der Waals surface area contributed by atoms with Crippen LogP contribution in [0.3, 0.4) is 0 Å². The second-order valence-electron chi connectivity index (χ2n) is 4.62. The first-order valence-electron chi connectivity index (χ1n) is 6.45. The fourth-order valence-electron chi connectivity index (χ4n) is 2.19. The van der Waals surface area contributed by atoms with Crippen LogP contribution in [0.4, 0.5) is 0 Å². The Hall–Kier alpha value is -0.430. The van der Waals surface area contributed by atoms with Gasteiger partial charge >= 0.3 is 0 Å². The van der Waals surface area contributed by atoms with E-state index in [1.165, 1.54) is 0 Å². The van der Waals surface area contributed by atoms with E-state index < -0.39 is 10.0 Å². The molecule has 4 nitrogen and oxygen atoms in total. The van der Waals surface area contributed by atoms with Gasteiger partial charge in [-0.25, -0.2) is 8.42 Å². The molecule has 0 aliphatic carbocycles. The molecule has 1 fully saturated rings. The summed E-state index contributed by atoms with van der Waals surface area (Å²) in [6.07, 6.45) is 0. The average Bonchev–Trinajstić information content (AvgIpc) is 2.47. The second kappa shape index (κ2) is 6.35. The molecule has 0 aromatic heterocycles. The van der Waals surface area contributed by atoms with E-state index in [2.05, 4.69) is 27.8 Å². The first-order chi connectivity index (χ1) is 9.07. The highest BCUT2D eigenvalue weighted by Crippen LogP contribution is 2.18. The highest BCUT2D eigenvalue weighted by molar-refractivity contribution is 9.08. The summed E-state index contributed by atoms with van der Waals surface area (Å²) < 4.78 is 26.5. The summed E-state index contributed by atoms with van der Waals surface area (Å²) in [6.45, 7) is 5.87. The van der Waals surface area contributed by atoms with Gasteiger partial charge in [0.2, 0.25) is 10.0 Å². The Kier molecular flexibility index (Phi) is 5.00. The zero-order chi connectivity index (χ0) is 13.9. The van der Waals surface area contributed by atoms with E-state index in [1.54, 1.807) is 16.4 Å². The minimum atomic E-state index is -3.33. The lowest BCUT2D eigenvalue weighted by atomic mass is 10.2. The first-order valence-corrected chi connectivity index (χ1v) is 9.01. The third-order valence-corrected chi connectivity index (χ3v) is 6.05. The van der Waals surface area contributed by atoms with Gasteiger partial charge in [0.15, 0.2) is 0 Å². The van der Waals surface area contributed by atoms with Gasteiger partial charge < -0.3 is 4.90 Å². The maximum Gasteiger partial charge on any atom is 0.243 e. The Balaban J connectivity index is 2.13. The minimum absolute atomic E-state index is 0.391. The third kappa shape index (κ3) is 3.37. The van der Waals surface area contributed by atoms with Crippen molar-refractivity contribution in [3.05, 3.63) is 29.8 Å². The summed E-state index contributed by atoms with van der Waals surface area (Å²) in [5.74, 6) is 0. The highest BCUT2D eigenvalue weighted by atomic mass is 79.9. The molecule has 1 aromatic carbocycles. The largest absolute Gasteiger partial charge is 0.301 e. The van der Waals surface area contributed by atoms with Crippen molar-refractivity contribution < 1.29 is 8.42 Å². The SMILES string of the molecule is CCN1CCN(S(=O)(=O)c2ccc(CBr)cc2)CC1. The van der Waals surface area contributed by atoms with Crippen molar-refractivity contribution in [3.8, 4) is 0 Å². The minimum Gasteiger partial charge on any atom is -0.301 e. The summed E-state index contributed by atoms with van der Waals surface area (Å²) in [5.41, 5.74) is 1.08. The number of benzene rings is 1. The predicted octanol–water partition coefficient (Wildman–Crippen LogP) is 1.91. The molecule has 1 aromatic rings.